The molecule has 1 amide bonds. The SMILES string of the molecule is NC(=O)c1ccccc1Oc1cccc(F)n1. The predicted molar refractivity (Wildman–Crippen MR) is 59.2 cm³/mol. The van der Waals surface area contributed by atoms with Crippen LogP contribution in [-0.2, 0) is 0 Å². The van der Waals surface area contributed by atoms with Gasteiger partial charge in [0, 0.05) is 6.07 Å². The van der Waals surface area contributed by atoms with E-state index in [0.717, 1.165) is 0 Å². The van der Waals surface area contributed by atoms with Gasteiger partial charge in [0.25, 0.3) is 5.91 Å². The van der Waals surface area contributed by atoms with Crippen LogP contribution in [-0.4, -0.2) is 10.9 Å². The van der Waals surface area contributed by atoms with Crippen molar-refractivity contribution in [2.75, 3.05) is 0 Å². The summed E-state index contributed by atoms with van der Waals surface area (Å²) in [7, 11) is 0. The van der Waals surface area contributed by atoms with Gasteiger partial charge < -0.3 is 10.5 Å². The lowest BCUT2D eigenvalue weighted by molar-refractivity contribution is 0.0998. The quantitative estimate of drug-likeness (QED) is 0.824. The van der Waals surface area contributed by atoms with E-state index in [-0.39, 0.29) is 17.2 Å². The summed E-state index contributed by atoms with van der Waals surface area (Å²) in [5.41, 5.74) is 5.41. The van der Waals surface area contributed by atoms with Gasteiger partial charge in [-0.2, -0.15) is 9.37 Å². The molecule has 5 heteroatoms. The predicted octanol–water partition coefficient (Wildman–Crippen LogP) is 2.11. The van der Waals surface area contributed by atoms with Crippen LogP contribution in [0.3, 0.4) is 0 Å². The van der Waals surface area contributed by atoms with Gasteiger partial charge in [0.05, 0.1) is 5.56 Å². The lowest BCUT2D eigenvalue weighted by atomic mass is 10.2. The van der Waals surface area contributed by atoms with E-state index in [9.17, 15) is 9.18 Å². The number of nitrogens with zero attached hydrogens (tertiary/aromatic N) is 1. The van der Waals surface area contributed by atoms with Gasteiger partial charge in [-0.1, -0.05) is 18.2 Å². The Morgan fingerprint density at radius 3 is 2.65 bits per heavy atom. The number of carbonyl (C=O) groups is 1. The van der Waals surface area contributed by atoms with E-state index in [4.69, 9.17) is 10.5 Å². The Hall–Kier alpha value is -2.43. The number of ether oxygens (including phenoxy) is 1. The number of hydrogen-bond donors (Lipinski definition) is 1. The second-order valence-electron chi connectivity index (χ2n) is 3.26. The molecule has 0 saturated carbocycles. The molecule has 2 aromatic rings. The number of carbonyl (C=O) groups excluding carboxylic acids is 1. The van der Waals surface area contributed by atoms with Crippen LogP contribution in [0.4, 0.5) is 4.39 Å². The first kappa shape index (κ1) is 11.1. The lowest BCUT2D eigenvalue weighted by Gasteiger charge is -2.07. The van der Waals surface area contributed by atoms with Crippen molar-refractivity contribution in [2.24, 2.45) is 5.73 Å². The first-order valence-electron chi connectivity index (χ1n) is 4.86. The number of aromatic nitrogens is 1. The molecule has 0 unspecified atom stereocenters. The Kier molecular flexibility index (Phi) is 3.00. The molecule has 0 fully saturated rings. The molecule has 1 aromatic carbocycles. The first-order valence-corrected chi connectivity index (χ1v) is 4.86. The van der Waals surface area contributed by atoms with E-state index in [0.29, 0.717) is 0 Å². The van der Waals surface area contributed by atoms with Crippen molar-refractivity contribution in [3.05, 3.63) is 54.0 Å². The minimum atomic E-state index is -0.654. The average Bonchev–Trinajstić information content (AvgIpc) is 2.29. The molecule has 0 radical (unpaired) electrons. The fraction of sp³-hybridized carbons (Fsp3) is 0. The highest BCUT2D eigenvalue weighted by molar-refractivity contribution is 5.95. The molecule has 0 aliphatic heterocycles. The molecule has 2 N–H and O–H groups in total. The molecular formula is C12H9FN2O2. The number of benzene rings is 1. The smallest absolute Gasteiger partial charge is 0.252 e. The number of hydrogen-bond acceptors (Lipinski definition) is 3. The highest BCUT2D eigenvalue weighted by Gasteiger charge is 2.09. The van der Waals surface area contributed by atoms with Gasteiger partial charge in [-0.3, -0.25) is 4.79 Å². The van der Waals surface area contributed by atoms with Crippen molar-refractivity contribution in [1.82, 2.24) is 4.98 Å². The first-order chi connectivity index (χ1) is 8.16. The summed E-state index contributed by atoms with van der Waals surface area (Å²) in [6, 6.07) is 10.6. The normalized spacial score (nSPS) is 9.94. The van der Waals surface area contributed by atoms with E-state index in [1.165, 1.54) is 24.3 Å². The molecule has 0 aliphatic rings. The van der Waals surface area contributed by atoms with Crippen molar-refractivity contribution in [3.8, 4) is 11.6 Å². The Morgan fingerprint density at radius 2 is 1.94 bits per heavy atom. The van der Waals surface area contributed by atoms with Crippen LogP contribution >= 0.6 is 0 Å². The van der Waals surface area contributed by atoms with Crippen molar-refractivity contribution in [2.45, 2.75) is 0 Å². The van der Waals surface area contributed by atoms with Gasteiger partial charge in [0.15, 0.2) is 0 Å². The molecule has 1 aromatic heterocycles. The summed E-state index contributed by atoms with van der Waals surface area (Å²) in [6.45, 7) is 0. The third kappa shape index (κ3) is 2.57. The second kappa shape index (κ2) is 4.61. The van der Waals surface area contributed by atoms with E-state index < -0.39 is 11.9 Å². The molecule has 86 valence electrons. The summed E-state index contributed by atoms with van der Waals surface area (Å²) in [5.74, 6) is -0.951. The van der Waals surface area contributed by atoms with Crippen LogP contribution in [0.5, 0.6) is 11.6 Å². The monoisotopic (exact) mass is 232 g/mol. The average molecular weight is 232 g/mol. The minimum absolute atomic E-state index is 0.0682. The number of nitrogens with two attached hydrogens (primary N) is 1. The van der Waals surface area contributed by atoms with Crippen LogP contribution in [0, 0.1) is 5.95 Å². The molecular weight excluding hydrogens is 223 g/mol. The van der Waals surface area contributed by atoms with Gasteiger partial charge in [0.1, 0.15) is 5.75 Å². The summed E-state index contributed by atoms with van der Waals surface area (Å²) in [4.78, 5) is 14.7. The minimum Gasteiger partial charge on any atom is -0.438 e. The molecule has 17 heavy (non-hydrogen) atoms. The Bertz CT molecular complexity index is 558. The fourth-order valence-electron chi connectivity index (χ4n) is 1.32. The molecule has 1 heterocycles. The third-order valence-corrected chi connectivity index (χ3v) is 2.06. The Balaban J connectivity index is 2.33. The number of pyridine rings is 1. The van der Waals surface area contributed by atoms with Gasteiger partial charge in [0.2, 0.25) is 11.8 Å². The van der Waals surface area contributed by atoms with E-state index >= 15 is 0 Å². The van der Waals surface area contributed by atoms with Crippen LogP contribution in [0.2, 0.25) is 0 Å². The van der Waals surface area contributed by atoms with Crippen LogP contribution in [0.15, 0.2) is 42.5 Å². The van der Waals surface area contributed by atoms with Crippen molar-refractivity contribution in [3.63, 3.8) is 0 Å². The van der Waals surface area contributed by atoms with Crippen molar-refractivity contribution in [1.29, 1.82) is 0 Å². The van der Waals surface area contributed by atoms with Gasteiger partial charge in [-0.05, 0) is 18.2 Å². The van der Waals surface area contributed by atoms with Crippen molar-refractivity contribution >= 4 is 5.91 Å². The van der Waals surface area contributed by atoms with Crippen LogP contribution < -0.4 is 10.5 Å². The summed E-state index contributed by atoms with van der Waals surface area (Å²) < 4.78 is 18.1. The summed E-state index contributed by atoms with van der Waals surface area (Å²) >= 11 is 0. The largest absolute Gasteiger partial charge is 0.438 e. The zero-order valence-corrected chi connectivity index (χ0v) is 8.76. The molecule has 0 aliphatic carbocycles. The maximum absolute atomic E-state index is 12.8. The number of para-hydroxylation sites is 1. The standard InChI is InChI=1S/C12H9FN2O2/c13-10-6-3-7-11(15-10)17-9-5-2-1-4-8(9)12(14)16/h1-7H,(H2,14,16). The molecule has 4 nitrogen and oxygen atoms in total. The number of rotatable bonds is 3. The van der Waals surface area contributed by atoms with Gasteiger partial charge in [-0.15, -0.1) is 0 Å². The van der Waals surface area contributed by atoms with Crippen molar-refractivity contribution < 1.29 is 13.9 Å². The summed E-state index contributed by atoms with van der Waals surface area (Å²) in [6.07, 6.45) is 0. The Morgan fingerprint density at radius 1 is 1.18 bits per heavy atom. The van der Waals surface area contributed by atoms with Crippen LogP contribution in [0.25, 0.3) is 0 Å². The summed E-state index contributed by atoms with van der Waals surface area (Å²) in [5, 5.41) is 0. The highest BCUT2D eigenvalue weighted by atomic mass is 19.1. The second-order valence-corrected chi connectivity index (χ2v) is 3.26. The van der Waals surface area contributed by atoms with E-state index in [1.807, 2.05) is 0 Å². The van der Waals surface area contributed by atoms with Gasteiger partial charge in [-0.25, -0.2) is 0 Å². The molecule has 2 rings (SSSR count). The molecule has 0 saturated heterocycles. The molecule has 0 atom stereocenters. The Labute approximate surface area is 96.9 Å². The lowest BCUT2D eigenvalue weighted by Crippen LogP contribution is -2.12. The van der Waals surface area contributed by atoms with Gasteiger partial charge >= 0.3 is 0 Å². The zero-order valence-electron chi connectivity index (χ0n) is 8.76. The highest BCUT2D eigenvalue weighted by Crippen LogP contribution is 2.23. The van der Waals surface area contributed by atoms with Crippen LogP contribution in [0.1, 0.15) is 10.4 Å². The maximum Gasteiger partial charge on any atom is 0.252 e. The zero-order chi connectivity index (χ0) is 12.3. The fourth-order valence-corrected chi connectivity index (χ4v) is 1.32. The van der Waals surface area contributed by atoms with E-state index in [1.54, 1.807) is 18.2 Å². The molecule has 0 bridgehead atoms. The maximum atomic E-state index is 12.8. The topological polar surface area (TPSA) is 65.2 Å². The number of amides is 1. The third-order valence-electron chi connectivity index (χ3n) is 2.06. The van der Waals surface area contributed by atoms with E-state index in [2.05, 4.69) is 4.98 Å². The number of primary amides is 1. The number of halogens is 1. The molecule has 0 spiro atoms.